The quantitative estimate of drug-likeness (QED) is 0.848. The molecule has 0 heterocycles. The third kappa shape index (κ3) is 4.26. The van der Waals surface area contributed by atoms with Crippen molar-refractivity contribution >= 4 is 11.8 Å². The van der Waals surface area contributed by atoms with Crippen LogP contribution in [-0.2, 0) is 5.75 Å². The van der Waals surface area contributed by atoms with E-state index in [2.05, 4.69) is 69.0 Å². The monoisotopic (exact) mass is 291 g/mol. The number of hydrogen-bond acceptors (Lipinski definition) is 2. The summed E-state index contributed by atoms with van der Waals surface area (Å²) in [6.07, 6.45) is 2.72. The van der Waals surface area contributed by atoms with Gasteiger partial charge in [0.1, 0.15) is 0 Å². The molecule has 20 heavy (non-hydrogen) atoms. The van der Waals surface area contributed by atoms with Crippen LogP contribution in [0.5, 0.6) is 0 Å². The molecule has 0 saturated heterocycles. The number of rotatable bonds is 5. The molecule has 4 unspecified atom stereocenters. The van der Waals surface area contributed by atoms with E-state index >= 15 is 0 Å². The Hall–Kier alpha value is -0.470. The van der Waals surface area contributed by atoms with Crippen LogP contribution in [0.4, 0.5) is 0 Å². The first-order valence-electron chi connectivity index (χ1n) is 8.00. The highest BCUT2D eigenvalue weighted by atomic mass is 32.2. The second-order valence-corrected chi connectivity index (χ2v) is 7.65. The van der Waals surface area contributed by atoms with Gasteiger partial charge in [0.05, 0.1) is 0 Å². The summed E-state index contributed by atoms with van der Waals surface area (Å²) in [6.45, 7) is 10.3. The highest BCUT2D eigenvalue weighted by Gasteiger charge is 2.33. The van der Waals surface area contributed by atoms with Crippen molar-refractivity contribution in [3.05, 3.63) is 35.4 Å². The van der Waals surface area contributed by atoms with E-state index in [0.717, 1.165) is 29.4 Å². The molecule has 2 rings (SSSR count). The highest BCUT2D eigenvalue weighted by molar-refractivity contribution is 7.99. The van der Waals surface area contributed by atoms with Gasteiger partial charge in [-0.15, -0.1) is 0 Å². The molecule has 112 valence electrons. The summed E-state index contributed by atoms with van der Waals surface area (Å²) < 4.78 is 0. The minimum Gasteiger partial charge on any atom is -0.313 e. The summed E-state index contributed by atoms with van der Waals surface area (Å²) in [5, 5.41) is 4.48. The zero-order valence-corrected chi connectivity index (χ0v) is 14.2. The van der Waals surface area contributed by atoms with E-state index in [-0.39, 0.29) is 0 Å². The summed E-state index contributed by atoms with van der Waals surface area (Å²) in [6, 6.07) is 9.64. The van der Waals surface area contributed by atoms with Crippen LogP contribution in [0.15, 0.2) is 24.3 Å². The smallest absolute Gasteiger partial charge is 0.0230 e. The first-order chi connectivity index (χ1) is 9.60. The van der Waals surface area contributed by atoms with Gasteiger partial charge in [-0.1, -0.05) is 50.6 Å². The van der Waals surface area contributed by atoms with Crippen molar-refractivity contribution in [1.82, 2.24) is 5.32 Å². The van der Waals surface area contributed by atoms with Crippen molar-refractivity contribution < 1.29 is 0 Å². The van der Waals surface area contributed by atoms with E-state index in [0.29, 0.717) is 6.04 Å². The molecule has 4 atom stereocenters. The van der Waals surface area contributed by atoms with Gasteiger partial charge in [0, 0.05) is 17.0 Å². The SMILES string of the molecule is CCNC1CC(C)CC(C)C1SCc1cccc(C)c1. The molecule has 1 saturated carbocycles. The maximum absolute atomic E-state index is 3.72. The Kier molecular flexibility index (Phi) is 5.98. The molecule has 1 fully saturated rings. The lowest BCUT2D eigenvalue weighted by atomic mass is 9.80. The van der Waals surface area contributed by atoms with Crippen LogP contribution < -0.4 is 5.32 Å². The van der Waals surface area contributed by atoms with E-state index in [1.165, 1.54) is 24.0 Å². The fourth-order valence-corrected chi connectivity index (χ4v) is 5.01. The van der Waals surface area contributed by atoms with Crippen LogP contribution in [0.25, 0.3) is 0 Å². The predicted molar refractivity (Wildman–Crippen MR) is 91.3 cm³/mol. The van der Waals surface area contributed by atoms with E-state index in [9.17, 15) is 0 Å². The molecule has 0 spiro atoms. The van der Waals surface area contributed by atoms with Crippen LogP contribution in [-0.4, -0.2) is 17.8 Å². The minimum atomic E-state index is 0.688. The number of thioether (sulfide) groups is 1. The number of aryl methyl sites for hydroxylation is 1. The molecule has 2 heteroatoms. The third-order valence-corrected chi connectivity index (χ3v) is 6.06. The zero-order chi connectivity index (χ0) is 14.5. The fraction of sp³-hybridized carbons (Fsp3) is 0.667. The van der Waals surface area contributed by atoms with Crippen molar-refractivity contribution in [2.75, 3.05) is 6.54 Å². The Morgan fingerprint density at radius 2 is 2.05 bits per heavy atom. The van der Waals surface area contributed by atoms with Crippen LogP contribution in [0.3, 0.4) is 0 Å². The van der Waals surface area contributed by atoms with Gasteiger partial charge in [0.25, 0.3) is 0 Å². The standard InChI is InChI=1S/C18H29NS/c1-5-19-17-11-14(3)9-15(4)18(17)20-12-16-8-6-7-13(2)10-16/h6-8,10,14-15,17-19H,5,9,11-12H2,1-4H3. The van der Waals surface area contributed by atoms with Gasteiger partial charge < -0.3 is 5.32 Å². The molecule has 1 nitrogen and oxygen atoms in total. The molecule has 1 aromatic carbocycles. The maximum atomic E-state index is 3.72. The van der Waals surface area contributed by atoms with E-state index in [4.69, 9.17) is 0 Å². The average molecular weight is 292 g/mol. The Morgan fingerprint density at radius 1 is 1.25 bits per heavy atom. The van der Waals surface area contributed by atoms with Gasteiger partial charge in [0.15, 0.2) is 0 Å². The number of benzene rings is 1. The molecular formula is C18H29NS. The lowest BCUT2D eigenvalue weighted by Gasteiger charge is -2.39. The molecule has 0 amide bonds. The van der Waals surface area contributed by atoms with Gasteiger partial charge in [-0.2, -0.15) is 11.8 Å². The lowest BCUT2D eigenvalue weighted by Crippen LogP contribution is -2.46. The van der Waals surface area contributed by atoms with Gasteiger partial charge in [-0.25, -0.2) is 0 Å². The normalized spacial score (nSPS) is 30.4. The summed E-state index contributed by atoms with van der Waals surface area (Å²) in [5.41, 5.74) is 2.84. The minimum absolute atomic E-state index is 0.688. The molecule has 0 aliphatic heterocycles. The highest BCUT2D eigenvalue weighted by Crippen LogP contribution is 2.37. The fourth-order valence-electron chi connectivity index (χ4n) is 3.57. The van der Waals surface area contributed by atoms with Crippen LogP contribution in [0, 0.1) is 18.8 Å². The van der Waals surface area contributed by atoms with Crippen molar-refractivity contribution in [3.8, 4) is 0 Å². The third-order valence-electron chi connectivity index (χ3n) is 4.38. The molecule has 0 bridgehead atoms. The van der Waals surface area contributed by atoms with Crippen molar-refractivity contribution in [2.24, 2.45) is 11.8 Å². The molecular weight excluding hydrogens is 262 g/mol. The van der Waals surface area contributed by atoms with Crippen LogP contribution >= 0.6 is 11.8 Å². The van der Waals surface area contributed by atoms with E-state index in [1.807, 2.05) is 0 Å². The Morgan fingerprint density at radius 3 is 2.75 bits per heavy atom. The Labute approximate surface area is 128 Å². The average Bonchev–Trinajstić information content (AvgIpc) is 2.38. The maximum Gasteiger partial charge on any atom is 0.0230 e. The van der Waals surface area contributed by atoms with Gasteiger partial charge in [-0.05, 0) is 43.7 Å². The van der Waals surface area contributed by atoms with Gasteiger partial charge in [-0.3, -0.25) is 0 Å². The molecule has 1 aliphatic rings. The predicted octanol–water partition coefficient (Wildman–Crippen LogP) is 4.64. The van der Waals surface area contributed by atoms with Crippen molar-refractivity contribution in [2.45, 2.75) is 57.6 Å². The molecule has 0 aromatic heterocycles. The first-order valence-corrected chi connectivity index (χ1v) is 9.05. The van der Waals surface area contributed by atoms with E-state index < -0.39 is 0 Å². The largest absolute Gasteiger partial charge is 0.313 e. The molecule has 1 aromatic rings. The molecule has 0 radical (unpaired) electrons. The second kappa shape index (κ2) is 7.51. The molecule has 1 N–H and O–H groups in total. The van der Waals surface area contributed by atoms with Crippen molar-refractivity contribution in [3.63, 3.8) is 0 Å². The number of nitrogens with one attached hydrogen (secondary N) is 1. The number of hydrogen-bond donors (Lipinski definition) is 1. The van der Waals surface area contributed by atoms with Crippen molar-refractivity contribution in [1.29, 1.82) is 0 Å². The van der Waals surface area contributed by atoms with E-state index in [1.54, 1.807) is 0 Å². The Bertz CT molecular complexity index is 418. The molecule has 1 aliphatic carbocycles. The Balaban J connectivity index is 1.97. The zero-order valence-electron chi connectivity index (χ0n) is 13.4. The van der Waals surface area contributed by atoms with Gasteiger partial charge in [0.2, 0.25) is 0 Å². The van der Waals surface area contributed by atoms with Crippen LogP contribution in [0.1, 0.15) is 44.7 Å². The van der Waals surface area contributed by atoms with Crippen LogP contribution in [0.2, 0.25) is 0 Å². The topological polar surface area (TPSA) is 12.0 Å². The van der Waals surface area contributed by atoms with Gasteiger partial charge >= 0.3 is 0 Å². The summed E-state index contributed by atoms with van der Waals surface area (Å²) >= 11 is 2.15. The first kappa shape index (κ1) is 15.9. The lowest BCUT2D eigenvalue weighted by molar-refractivity contribution is 0.251. The second-order valence-electron chi connectivity index (χ2n) is 6.48. The summed E-state index contributed by atoms with van der Waals surface area (Å²) in [4.78, 5) is 0. The summed E-state index contributed by atoms with van der Waals surface area (Å²) in [7, 11) is 0. The summed E-state index contributed by atoms with van der Waals surface area (Å²) in [5.74, 6) is 2.83.